The van der Waals surface area contributed by atoms with Crippen LogP contribution in [-0.4, -0.2) is 55.0 Å². The highest BCUT2D eigenvalue weighted by Crippen LogP contribution is 2.12. The number of nitrogens with one attached hydrogen (secondary N) is 4. The van der Waals surface area contributed by atoms with Crippen LogP contribution in [0.1, 0.15) is 46.1 Å². The van der Waals surface area contributed by atoms with Gasteiger partial charge in [-0.15, -0.1) is 0 Å². The van der Waals surface area contributed by atoms with Crippen molar-refractivity contribution in [2.75, 3.05) is 23.8 Å². The molecular formula is C28H27N5O9. The van der Waals surface area contributed by atoms with E-state index in [0.29, 0.717) is 16.8 Å². The molecule has 0 saturated heterocycles. The Kier molecular flexibility index (Phi) is 11.1. The Morgan fingerprint density at radius 3 is 1.69 bits per heavy atom. The topological polar surface area (TPSA) is 194 Å². The molecule has 4 amide bonds. The Bertz CT molecular complexity index is 1480. The van der Waals surface area contributed by atoms with Gasteiger partial charge in [0.1, 0.15) is 11.5 Å². The zero-order chi connectivity index (χ0) is 30.5. The first kappa shape index (κ1) is 30.7. The van der Waals surface area contributed by atoms with E-state index in [1.165, 1.54) is 60.7 Å². The number of esters is 2. The van der Waals surface area contributed by atoms with Crippen molar-refractivity contribution in [3.8, 4) is 0 Å². The van der Waals surface area contributed by atoms with Crippen LogP contribution in [0.15, 0.2) is 70.2 Å². The lowest BCUT2D eigenvalue weighted by atomic mass is 10.2. The summed E-state index contributed by atoms with van der Waals surface area (Å²) < 4.78 is 15.2. The van der Waals surface area contributed by atoms with Crippen molar-refractivity contribution < 1.29 is 42.7 Å². The van der Waals surface area contributed by atoms with E-state index in [1.54, 1.807) is 13.8 Å². The number of ether oxygens (including phenoxy) is 2. The summed E-state index contributed by atoms with van der Waals surface area (Å²) >= 11 is 0. The number of benzene rings is 2. The van der Waals surface area contributed by atoms with Crippen molar-refractivity contribution in [2.45, 2.75) is 20.4 Å². The predicted molar refractivity (Wildman–Crippen MR) is 148 cm³/mol. The van der Waals surface area contributed by atoms with Gasteiger partial charge in [-0.2, -0.15) is 5.10 Å². The number of anilines is 2. The van der Waals surface area contributed by atoms with Crippen LogP contribution in [0.25, 0.3) is 0 Å². The quantitative estimate of drug-likeness (QED) is 0.121. The number of furan rings is 1. The molecule has 0 spiro atoms. The standard InChI is InChI=1S/C28H27N5O9/c1-3-40-27(38)17-5-9-19(10-6-17)31-24(35)23(34)29-15-21-13-14-22(42-21)16-30-33-26(37)25(36)32-20-11-7-18(8-12-20)28(39)41-4-2/h5-14,16H,3-4,15H2,1-2H3,(H,29,34)(H,31,35)(H,32,36)(H,33,37)/b30-16+. The van der Waals surface area contributed by atoms with Crippen LogP contribution in [0.3, 0.4) is 0 Å². The van der Waals surface area contributed by atoms with E-state index in [2.05, 4.69) is 21.1 Å². The Labute approximate surface area is 239 Å². The van der Waals surface area contributed by atoms with Gasteiger partial charge < -0.3 is 29.8 Å². The minimum Gasteiger partial charge on any atom is -0.462 e. The number of rotatable bonds is 10. The molecule has 1 aromatic heterocycles. The van der Waals surface area contributed by atoms with Crippen LogP contribution in [0.2, 0.25) is 0 Å². The molecule has 0 aliphatic rings. The van der Waals surface area contributed by atoms with Crippen LogP contribution in [-0.2, 0) is 35.2 Å². The number of hydrogen-bond acceptors (Lipinski definition) is 10. The molecule has 0 aliphatic heterocycles. The summed E-state index contributed by atoms with van der Waals surface area (Å²) in [5, 5.41) is 10.8. The van der Waals surface area contributed by atoms with Crippen LogP contribution in [0, 0.1) is 0 Å². The minimum absolute atomic E-state index is 0.119. The van der Waals surface area contributed by atoms with E-state index in [-0.39, 0.29) is 37.0 Å². The molecule has 14 heteroatoms. The molecule has 0 bridgehead atoms. The fourth-order valence-electron chi connectivity index (χ4n) is 3.20. The Balaban J connectivity index is 1.41. The second-order valence-electron chi connectivity index (χ2n) is 8.19. The summed E-state index contributed by atoms with van der Waals surface area (Å²) in [7, 11) is 0. The van der Waals surface area contributed by atoms with Gasteiger partial charge in [0.05, 0.1) is 37.1 Å². The molecule has 14 nitrogen and oxygen atoms in total. The lowest BCUT2D eigenvalue weighted by Crippen LogP contribution is -2.34. The Hall–Kier alpha value is -5.79. The van der Waals surface area contributed by atoms with Crippen molar-refractivity contribution in [1.29, 1.82) is 0 Å². The molecule has 4 N–H and O–H groups in total. The fourth-order valence-corrected chi connectivity index (χ4v) is 3.20. The summed E-state index contributed by atoms with van der Waals surface area (Å²) in [6, 6.07) is 14.6. The van der Waals surface area contributed by atoms with Crippen molar-refractivity contribution in [1.82, 2.24) is 10.7 Å². The maximum atomic E-state index is 12.1. The molecule has 3 rings (SSSR count). The van der Waals surface area contributed by atoms with Crippen molar-refractivity contribution in [2.24, 2.45) is 5.10 Å². The third-order valence-electron chi connectivity index (χ3n) is 5.18. The zero-order valence-electron chi connectivity index (χ0n) is 22.6. The van der Waals surface area contributed by atoms with E-state index in [9.17, 15) is 28.8 Å². The van der Waals surface area contributed by atoms with E-state index in [0.717, 1.165) is 6.21 Å². The van der Waals surface area contributed by atoms with Crippen molar-refractivity contribution in [3.05, 3.63) is 83.3 Å². The average Bonchev–Trinajstić information content (AvgIpc) is 3.44. The molecule has 0 saturated carbocycles. The highest BCUT2D eigenvalue weighted by molar-refractivity contribution is 6.40. The molecule has 0 atom stereocenters. The molecular weight excluding hydrogens is 550 g/mol. The van der Waals surface area contributed by atoms with E-state index >= 15 is 0 Å². The number of hydrogen-bond donors (Lipinski definition) is 4. The minimum atomic E-state index is -1.05. The summed E-state index contributed by atoms with van der Waals surface area (Å²) in [5.74, 6) is -4.43. The maximum Gasteiger partial charge on any atom is 0.338 e. The monoisotopic (exact) mass is 577 g/mol. The lowest BCUT2D eigenvalue weighted by molar-refractivity contribution is -0.136. The first-order chi connectivity index (χ1) is 20.2. The summed E-state index contributed by atoms with van der Waals surface area (Å²) in [6.45, 7) is 3.71. The second kappa shape index (κ2) is 15.1. The molecule has 1 heterocycles. The molecule has 218 valence electrons. The van der Waals surface area contributed by atoms with Crippen molar-refractivity contribution in [3.63, 3.8) is 0 Å². The summed E-state index contributed by atoms with van der Waals surface area (Å²) in [4.78, 5) is 71.7. The molecule has 42 heavy (non-hydrogen) atoms. The molecule has 0 aliphatic carbocycles. The van der Waals surface area contributed by atoms with Gasteiger partial charge in [0.25, 0.3) is 0 Å². The summed E-state index contributed by atoms with van der Waals surface area (Å²) in [5.41, 5.74) is 3.24. The van der Waals surface area contributed by atoms with Gasteiger partial charge in [0.15, 0.2) is 0 Å². The average molecular weight is 578 g/mol. The largest absolute Gasteiger partial charge is 0.462 e. The van der Waals surface area contributed by atoms with Gasteiger partial charge in [-0.3, -0.25) is 19.2 Å². The van der Waals surface area contributed by atoms with Gasteiger partial charge in [0.2, 0.25) is 0 Å². The number of nitrogens with zero attached hydrogens (tertiary/aromatic N) is 1. The first-order valence-electron chi connectivity index (χ1n) is 12.6. The molecule has 0 radical (unpaired) electrons. The lowest BCUT2D eigenvalue weighted by Gasteiger charge is -2.07. The number of carbonyl (C=O) groups excluding carboxylic acids is 6. The second-order valence-corrected chi connectivity index (χ2v) is 8.19. The highest BCUT2D eigenvalue weighted by Gasteiger charge is 2.16. The van der Waals surface area contributed by atoms with Gasteiger partial charge in [0, 0.05) is 11.4 Å². The highest BCUT2D eigenvalue weighted by atomic mass is 16.5. The smallest absolute Gasteiger partial charge is 0.338 e. The first-order valence-corrected chi connectivity index (χ1v) is 12.6. The van der Waals surface area contributed by atoms with Gasteiger partial charge in [-0.25, -0.2) is 15.0 Å². The van der Waals surface area contributed by atoms with E-state index in [1.807, 2.05) is 5.43 Å². The Morgan fingerprint density at radius 2 is 1.19 bits per heavy atom. The van der Waals surface area contributed by atoms with E-state index in [4.69, 9.17) is 13.9 Å². The maximum absolute atomic E-state index is 12.1. The fraction of sp³-hybridized carbons (Fsp3) is 0.179. The summed E-state index contributed by atoms with van der Waals surface area (Å²) in [6.07, 6.45) is 1.14. The zero-order valence-corrected chi connectivity index (χ0v) is 22.6. The van der Waals surface area contributed by atoms with Crippen LogP contribution in [0.5, 0.6) is 0 Å². The van der Waals surface area contributed by atoms with Gasteiger partial charge in [-0.1, -0.05) is 0 Å². The van der Waals surface area contributed by atoms with Gasteiger partial charge >= 0.3 is 35.6 Å². The number of carbonyl (C=O) groups is 6. The molecule has 3 aromatic rings. The molecule has 0 unspecified atom stereocenters. The normalized spacial score (nSPS) is 10.4. The van der Waals surface area contributed by atoms with Gasteiger partial charge in [-0.05, 0) is 74.5 Å². The molecule has 0 fully saturated rings. The number of hydrazone groups is 1. The Morgan fingerprint density at radius 1 is 0.690 bits per heavy atom. The SMILES string of the molecule is CCOC(=O)c1ccc(NC(=O)C(=O)NCc2ccc(/C=N/NC(=O)C(=O)Nc3ccc(C(=O)OCC)cc3)o2)cc1. The van der Waals surface area contributed by atoms with Crippen LogP contribution >= 0.6 is 0 Å². The van der Waals surface area contributed by atoms with E-state index < -0.39 is 35.6 Å². The predicted octanol–water partition coefficient (Wildman–Crippen LogP) is 1.98. The van der Waals surface area contributed by atoms with Crippen molar-refractivity contribution >= 4 is 53.2 Å². The molecule has 2 aromatic carbocycles. The van der Waals surface area contributed by atoms with Crippen LogP contribution in [0.4, 0.5) is 11.4 Å². The third-order valence-corrected chi connectivity index (χ3v) is 5.18. The third kappa shape index (κ3) is 9.15. The van der Waals surface area contributed by atoms with Crippen LogP contribution < -0.4 is 21.4 Å². The number of amides is 4.